The van der Waals surface area contributed by atoms with Crippen molar-refractivity contribution in [2.45, 2.75) is 71.4 Å². The topological polar surface area (TPSA) is 4.93 Å². The molecule has 0 bridgehead atoms. The standard InChI is InChI=1S/C15H28INSi/c1-6-8-12-18(16,15(3,4)5)17-11-10-14(13-17)9-7-2/h10-11,13H,6-9,12H2,1-5H3. The molecular formula is C15H28INSi. The zero-order valence-electron chi connectivity index (χ0n) is 12.6. The van der Waals surface area contributed by atoms with Gasteiger partial charge in [0.25, 0.3) is 0 Å². The van der Waals surface area contributed by atoms with Gasteiger partial charge in [0, 0.05) is 0 Å². The summed E-state index contributed by atoms with van der Waals surface area (Å²) >= 11 is 2.81. The number of halogens is 1. The lowest BCUT2D eigenvalue weighted by Crippen LogP contribution is -2.44. The van der Waals surface area contributed by atoms with Crippen LogP contribution in [0.5, 0.6) is 0 Å². The van der Waals surface area contributed by atoms with E-state index in [4.69, 9.17) is 0 Å². The molecule has 0 saturated heterocycles. The van der Waals surface area contributed by atoms with E-state index in [9.17, 15) is 0 Å². The molecule has 1 aromatic rings. The normalized spacial score (nSPS) is 15.7. The van der Waals surface area contributed by atoms with Crippen molar-refractivity contribution in [2.75, 3.05) is 0 Å². The molecule has 3 heteroatoms. The summed E-state index contributed by atoms with van der Waals surface area (Å²) in [6.45, 7) is 11.8. The molecule has 1 heterocycles. The average molecular weight is 377 g/mol. The molecular weight excluding hydrogens is 349 g/mol. The number of unbranched alkanes of at least 4 members (excludes halogenated alkanes) is 1. The summed E-state index contributed by atoms with van der Waals surface area (Å²) in [4.78, 5) is 0. The molecule has 0 aliphatic rings. The van der Waals surface area contributed by atoms with E-state index in [0.717, 1.165) is 0 Å². The fourth-order valence-corrected chi connectivity index (χ4v) is 7.73. The van der Waals surface area contributed by atoms with Crippen molar-refractivity contribution in [3.05, 3.63) is 24.0 Å². The van der Waals surface area contributed by atoms with Gasteiger partial charge in [-0.05, 0) is 41.5 Å². The Bertz CT molecular complexity index is 367. The lowest BCUT2D eigenvalue weighted by molar-refractivity contribution is 0.696. The van der Waals surface area contributed by atoms with Crippen LogP contribution in [-0.4, -0.2) is 9.96 Å². The fourth-order valence-electron chi connectivity index (χ4n) is 2.40. The van der Waals surface area contributed by atoms with Crippen molar-refractivity contribution in [1.82, 2.24) is 4.23 Å². The molecule has 0 amide bonds. The molecule has 0 saturated carbocycles. The summed E-state index contributed by atoms with van der Waals surface area (Å²) in [5.74, 6) is 0. The molecule has 18 heavy (non-hydrogen) atoms. The highest BCUT2D eigenvalue weighted by molar-refractivity contribution is 14.1. The van der Waals surface area contributed by atoms with Crippen LogP contribution in [0.1, 0.15) is 59.4 Å². The third kappa shape index (κ3) is 3.62. The zero-order chi connectivity index (χ0) is 13.8. The molecule has 1 unspecified atom stereocenters. The zero-order valence-corrected chi connectivity index (χ0v) is 15.8. The van der Waals surface area contributed by atoms with E-state index >= 15 is 0 Å². The van der Waals surface area contributed by atoms with E-state index in [1.54, 1.807) is 0 Å². The first-order valence-corrected chi connectivity index (χ1v) is 12.5. The number of rotatable bonds is 6. The molecule has 1 atom stereocenters. The minimum absolute atomic E-state index is 0.408. The maximum atomic E-state index is 2.81. The second kappa shape index (κ2) is 6.59. The Morgan fingerprint density at radius 3 is 2.39 bits per heavy atom. The summed E-state index contributed by atoms with van der Waals surface area (Å²) < 4.78 is 2.59. The van der Waals surface area contributed by atoms with E-state index in [-0.39, 0.29) is 0 Å². The van der Waals surface area contributed by atoms with E-state index in [2.05, 4.69) is 79.1 Å². The lowest BCUT2D eigenvalue weighted by atomic mass is 10.2. The van der Waals surface area contributed by atoms with Crippen LogP contribution in [0.15, 0.2) is 18.5 Å². The van der Waals surface area contributed by atoms with Crippen LogP contribution >= 0.6 is 21.8 Å². The predicted octanol–water partition coefficient (Wildman–Crippen LogP) is 5.77. The third-order valence-electron chi connectivity index (χ3n) is 3.71. The van der Waals surface area contributed by atoms with E-state index in [1.165, 1.54) is 37.3 Å². The Kier molecular flexibility index (Phi) is 5.97. The van der Waals surface area contributed by atoms with Gasteiger partial charge in [0.1, 0.15) is 0 Å². The van der Waals surface area contributed by atoms with Gasteiger partial charge in [-0.2, -0.15) is 0 Å². The van der Waals surface area contributed by atoms with Gasteiger partial charge in [0.15, 0.2) is 0 Å². The first-order valence-electron chi connectivity index (χ1n) is 7.21. The Hall–Kier alpha value is 0.227. The smallest absolute Gasteiger partial charge is 0.233 e. The van der Waals surface area contributed by atoms with Crippen molar-refractivity contribution >= 4 is 27.5 Å². The highest BCUT2D eigenvalue weighted by Gasteiger charge is 2.43. The van der Waals surface area contributed by atoms with Crippen LogP contribution in [0.25, 0.3) is 0 Å². The average Bonchev–Trinajstić information content (AvgIpc) is 2.73. The minimum Gasteiger partial charge on any atom is -0.370 e. The maximum Gasteiger partial charge on any atom is 0.233 e. The van der Waals surface area contributed by atoms with Gasteiger partial charge in [-0.3, -0.25) is 0 Å². The fraction of sp³-hybridized carbons (Fsp3) is 0.733. The summed E-state index contributed by atoms with van der Waals surface area (Å²) in [5, 5.41) is 0.408. The van der Waals surface area contributed by atoms with E-state index < -0.39 is 5.73 Å². The summed E-state index contributed by atoms with van der Waals surface area (Å²) in [6.07, 6.45) is 9.87. The predicted molar refractivity (Wildman–Crippen MR) is 93.0 cm³/mol. The van der Waals surface area contributed by atoms with Crippen LogP contribution in [-0.2, 0) is 6.42 Å². The Labute approximate surface area is 127 Å². The van der Waals surface area contributed by atoms with Crippen LogP contribution in [0.2, 0.25) is 11.1 Å². The molecule has 1 aromatic heterocycles. The molecule has 0 spiro atoms. The second-order valence-electron chi connectivity index (χ2n) is 6.29. The number of hydrogen-bond acceptors (Lipinski definition) is 0. The number of hydrogen-bond donors (Lipinski definition) is 0. The number of aryl methyl sites for hydroxylation is 1. The largest absolute Gasteiger partial charge is 0.370 e. The van der Waals surface area contributed by atoms with Crippen molar-refractivity contribution in [3.8, 4) is 0 Å². The highest BCUT2D eigenvalue weighted by atomic mass is 127. The molecule has 0 fully saturated rings. The van der Waals surface area contributed by atoms with Gasteiger partial charge in [0.2, 0.25) is 5.73 Å². The summed E-state index contributed by atoms with van der Waals surface area (Å²) in [7, 11) is 0. The lowest BCUT2D eigenvalue weighted by Gasteiger charge is -2.39. The Morgan fingerprint density at radius 2 is 1.89 bits per heavy atom. The summed E-state index contributed by atoms with van der Waals surface area (Å²) in [5.41, 5.74) is 0.0367. The Morgan fingerprint density at radius 1 is 1.22 bits per heavy atom. The van der Waals surface area contributed by atoms with Crippen LogP contribution < -0.4 is 0 Å². The van der Waals surface area contributed by atoms with Gasteiger partial charge < -0.3 is 4.23 Å². The SMILES string of the molecule is CCCC[Si](I)(n1ccc(CCC)c1)C(C)(C)C. The molecule has 0 aliphatic carbocycles. The first kappa shape index (κ1) is 16.3. The molecule has 1 rings (SSSR count). The molecule has 0 aliphatic heterocycles. The molecule has 0 radical (unpaired) electrons. The van der Waals surface area contributed by atoms with Gasteiger partial charge in [-0.1, -0.05) is 75.7 Å². The first-order chi connectivity index (χ1) is 8.35. The summed E-state index contributed by atoms with van der Waals surface area (Å²) in [6, 6.07) is 3.70. The van der Waals surface area contributed by atoms with Crippen LogP contribution in [0.4, 0.5) is 0 Å². The molecule has 104 valence electrons. The van der Waals surface area contributed by atoms with Crippen molar-refractivity contribution in [3.63, 3.8) is 0 Å². The third-order valence-corrected chi connectivity index (χ3v) is 16.3. The monoisotopic (exact) mass is 377 g/mol. The molecule has 0 N–H and O–H groups in total. The maximum absolute atomic E-state index is 2.81. The van der Waals surface area contributed by atoms with Crippen molar-refractivity contribution < 1.29 is 0 Å². The Balaban J connectivity index is 3.01. The minimum atomic E-state index is -1.47. The van der Waals surface area contributed by atoms with Crippen LogP contribution in [0.3, 0.4) is 0 Å². The molecule has 1 nitrogen and oxygen atoms in total. The van der Waals surface area contributed by atoms with E-state index in [0.29, 0.717) is 5.04 Å². The number of nitrogens with zero attached hydrogens (tertiary/aromatic N) is 1. The van der Waals surface area contributed by atoms with Gasteiger partial charge in [-0.25, -0.2) is 0 Å². The van der Waals surface area contributed by atoms with Gasteiger partial charge >= 0.3 is 0 Å². The van der Waals surface area contributed by atoms with E-state index in [1.807, 2.05) is 0 Å². The quantitative estimate of drug-likeness (QED) is 0.337. The van der Waals surface area contributed by atoms with Crippen molar-refractivity contribution in [1.29, 1.82) is 0 Å². The van der Waals surface area contributed by atoms with Gasteiger partial charge in [-0.15, -0.1) is 0 Å². The van der Waals surface area contributed by atoms with Gasteiger partial charge in [0.05, 0.1) is 0 Å². The molecule has 0 aromatic carbocycles. The van der Waals surface area contributed by atoms with Crippen LogP contribution in [0, 0.1) is 0 Å². The number of aromatic nitrogens is 1. The second-order valence-corrected chi connectivity index (χ2v) is 15.7. The van der Waals surface area contributed by atoms with Crippen molar-refractivity contribution in [2.24, 2.45) is 0 Å². The highest BCUT2D eigenvalue weighted by Crippen LogP contribution is 2.45.